The average Bonchev–Trinajstić information content (AvgIpc) is 3.16. The average molecular weight is 443 g/mol. The van der Waals surface area contributed by atoms with Crippen LogP contribution in [-0.4, -0.2) is 55.2 Å². The van der Waals surface area contributed by atoms with E-state index in [2.05, 4.69) is 20.3 Å². The van der Waals surface area contributed by atoms with Crippen molar-refractivity contribution in [3.8, 4) is 11.3 Å². The zero-order valence-corrected chi connectivity index (χ0v) is 18.0. The van der Waals surface area contributed by atoms with Crippen molar-refractivity contribution in [3.63, 3.8) is 0 Å². The number of amides is 1. The minimum Gasteiger partial charge on any atom is -0.367 e. The maximum Gasteiger partial charge on any atom is 0.257 e. The molecule has 0 saturated carbocycles. The number of carbonyl (C=O) groups is 1. The van der Waals surface area contributed by atoms with E-state index in [4.69, 9.17) is 16.1 Å². The molecular weight excluding hydrogens is 419 g/mol. The third kappa shape index (κ3) is 4.73. The van der Waals surface area contributed by atoms with E-state index < -0.39 is 0 Å². The smallest absolute Gasteiger partial charge is 0.257 e. The predicted octanol–water partition coefficient (Wildman–Crippen LogP) is 3.99. The third-order valence-electron chi connectivity index (χ3n) is 5.50. The minimum absolute atomic E-state index is 0.193. The van der Waals surface area contributed by atoms with Gasteiger partial charge in [-0.25, -0.2) is 4.39 Å². The van der Waals surface area contributed by atoms with Gasteiger partial charge in [0.25, 0.3) is 5.91 Å². The number of nitrogens with zero attached hydrogens (tertiary/aromatic N) is 3. The first-order valence-electron chi connectivity index (χ1n) is 10.3. The summed E-state index contributed by atoms with van der Waals surface area (Å²) < 4.78 is 19.3. The molecule has 0 radical (unpaired) electrons. The number of hydrogen-bond acceptors (Lipinski definition) is 5. The van der Waals surface area contributed by atoms with Gasteiger partial charge in [-0.05, 0) is 25.1 Å². The third-order valence-corrected chi connectivity index (χ3v) is 5.83. The van der Waals surface area contributed by atoms with Crippen LogP contribution < -0.4 is 10.2 Å². The lowest BCUT2D eigenvalue weighted by Gasteiger charge is -2.36. The Morgan fingerprint density at radius 2 is 1.84 bits per heavy atom. The Kier molecular flexibility index (Phi) is 6.53. The molecule has 0 spiro atoms. The normalized spacial score (nSPS) is 14.6. The van der Waals surface area contributed by atoms with Gasteiger partial charge in [0.2, 0.25) is 0 Å². The summed E-state index contributed by atoms with van der Waals surface area (Å²) >= 11 is 6.27. The minimum atomic E-state index is -0.237. The molecule has 4 rings (SSSR count). The fourth-order valence-corrected chi connectivity index (χ4v) is 4.04. The molecule has 1 aliphatic rings. The number of benzene rings is 2. The van der Waals surface area contributed by atoms with Crippen LogP contribution in [0.1, 0.15) is 16.1 Å². The van der Waals surface area contributed by atoms with Crippen LogP contribution in [0.4, 0.5) is 10.1 Å². The Labute approximate surface area is 185 Å². The van der Waals surface area contributed by atoms with Gasteiger partial charge >= 0.3 is 0 Å². The van der Waals surface area contributed by atoms with Crippen LogP contribution in [0.5, 0.6) is 0 Å². The Morgan fingerprint density at radius 1 is 1.13 bits per heavy atom. The van der Waals surface area contributed by atoms with Gasteiger partial charge in [-0.1, -0.05) is 47.1 Å². The predicted molar refractivity (Wildman–Crippen MR) is 119 cm³/mol. The fourth-order valence-electron chi connectivity index (χ4n) is 3.81. The summed E-state index contributed by atoms with van der Waals surface area (Å²) in [5.74, 6) is 0.0196. The summed E-state index contributed by atoms with van der Waals surface area (Å²) in [5.41, 5.74) is 2.15. The van der Waals surface area contributed by atoms with E-state index in [-0.39, 0.29) is 11.7 Å². The number of rotatable bonds is 6. The van der Waals surface area contributed by atoms with Crippen LogP contribution in [0, 0.1) is 12.7 Å². The summed E-state index contributed by atoms with van der Waals surface area (Å²) in [4.78, 5) is 17.1. The van der Waals surface area contributed by atoms with Crippen molar-refractivity contribution in [2.75, 3.05) is 44.2 Å². The number of aryl methyl sites for hydroxylation is 1. The lowest BCUT2D eigenvalue weighted by Crippen LogP contribution is -2.48. The van der Waals surface area contributed by atoms with Crippen molar-refractivity contribution >= 4 is 23.2 Å². The highest BCUT2D eigenvalue weighted by molar-refractivity contribution is 6.33. The summed E-state index contributed by atoms with van der Waals surface area (Å²) in [7, 11) is 0. The highest BCUT2D eigenvalue weighted by Gasteiger charge is 2.23. The Morgan fingerprint density at radius 3 is 2.58 bits per heavy atom. The summed E-state index contributed by atoms with van der Waals surface area (Å²) in [6.07, 6.45) is 0. The van der Waals surface area contributed by atoms with Gasteiger partial charge in [-0.2, -0.15) is 0 Å². The van der Waals surface area contributed by atoms with Gasteiger partial charge in [-0.15, -0.1) is 0 Å². The monoisotopic (exact) mass is 442 g/mol. The van der Waals surface area contributed by atoms with E-state index in [9.17, 15) is 9.18 Å². The van der Waals surface area contributed by atoms with E-state index in [1.807, 2.05) is 30.3 Å². The van der Waals surface area contributed by atoms with Crippen LogP contribution in [0.3, 0.4) is 0 Å². The summed E-state index contributed by atoms with van der Waals surface area (Å²) in [5, 5.41) is 7.51. The maximum absolute atomic E-state index is 14.0. The maximum atomic E-state index is 14.0. The number of nitrogens with one attached hydrogen (secondary N) is 1. The zero-order chi connectivity index (χ0) is 21.8. The van der Waals surface area contributed by atoms with Gasteiger partial charge in [-0.3, -0.25) is 9.69 Å². The molecular formula is C23H24ClFN4O2. The van der Waals surface area contributed by atoms with Crippen LogP contribution >= 0.6 is 11.6 Å². The van der Waals surface area contributed by atoms with E-state index >= 15 is 0 Å². The van der Waals surface area contributed by atoms with Crippen LogP contribution in [0.25, 0.3) is 11.3 Å². The standard InChI is InChI=1S/C23H24ClFN4O2/c1-16-21(22(27-31-16)17-6-2-3-7-18(17)24)23(30)26-10-11-28-12-14-29(15-13-28)20-9-5-4-8-19(20)25/h2-9H,10-15H2,1H3,(H,26,30). The Hall–Kier alpha value is -2.90. The number of para-hydroxylation sites is 1. The number of carbonyl (C=O) groups excluding carboxylic acids is 1. The molecule has 3 aromatic rings. The quantitative estimate of drug-likeness (QED) is 0.625. The topological polar surface area (TPSA) is 61.6 Å². The van der Waals surface area contributed by atoms with E-state index in [0.717, 1.165) is 26.2 Å². The van der Waals surface area contributed by atoms with Crippen LogP contribution in [0.15, 0.2) is 53.1 Å². The van der Waals surface area contributed by atoms with Crippen LogP contribution in [-0.2, 0) is 0 Å². The van der Waals surface area contributed by atoms with Gasteiger partial charge < -0.3 is 14.7 Å². The highest BCUT2D eigenvalue weighted by Crippen LogP contribution is 2.30. The molecule has 0 aliphatic carbocycles. The van der Waals surface area contributed by atoms with Gasteiger partial charge in [0.1, 0.15) is 22.8 Å². The zero-order valence-electron chi connectivity index (χ0n) is 17.3. The van der Waals surface area contributed by atoms with E-state index in [1.165, 1.54) is 6.07 Å². The molecule has 0 atom stereocenters. The lowest BCUT2D eigenvalue weighted by atomic mass is 10.1. The van der Waals surface area contributed by atoms with Gasteiger partial charge in [0.15, 0.2) is 0 Å². The van der Waals surface area contributed by atoms with Crippen molar-refractivity contribution in [1.82, 2.24) is 15.4 Å². The molecule has 6 nitrogen and oxygen atoms in total. The van der Waals surface area contributed by atoms with Crippen molar-refractivity contribution in [3.05, 3.63) is 70.7 Å². The van der Waals surface area contributed by atoms with Gasteiger partial charge in [0.05, 0.1) is 10.7 Å². The number of aromatic nitrogens is 1. The first-order chi connectivity index (χ1) is 15.0. The molecule has 2 heterocycles. The fraction of sp³-hybridized carbons (Fsp3) is 0.304. The van der Waals surface area contributed by atoms with Gasteiger partial charge in [0, 0.05) is 44.8 Å². The number of piperazine rings is 1. The molecule has 31 heavy (non-hydrogen) atoms. The first kappa shape index (κ1) is 21.3. The molecule has 1 fully saturated rings. The number of hydrogen-bond donors (Lipinski definition) is 1. The highest BCUT2D eigenvalue weighted by atomic mass is 35.5. The second kappa shape index (κ2) is 9.49. The SMILES string of the molecule is Cc1onc(-c2ccccc2Cl)c1C(=O)NCCN1CCN(c2ccccc2F)CC1. The van der Waals surface area contributed by atoms with Crippen molar-refractivity contribution in [1.29, 1.82) is 0 Å². The number of anilines is 1. The molecule has 2 aromatic carbocycles. The molecule has 1 N–H and O–H groups in total. The van der Waals surface area contributed by atoms with Crippen molar-refractivity contribution in [2.45, 2.75) is 6.92 Å². The largest absolute Gasteiger partial charge is 0.367 e. The molecule has 0 bridgehead atoms. The Bertz CT molecular complexity index is 1060. The van der Waals surface area contributed by atoms with E-state index in [1.54, 1.807) is 19.1 Å². The second-order valence-corrected chi connectivity index (χ2v) is 7.89. The van der Waals surface area contributed by atoms with Crippen LogP contribution in [0.2, 0.25) is 5.02 Å². The molecule has 1 aromatic heterocycles. The molecule has 0 unspecified atom stereocenters. The molecule has 1 amide bonds. The second-order valence-electron chi connectivity index (χ2n) is 7.48. The molecule has 8 heteroatoms. The summed E-state index contributed by atoms with van der Waals surface area (Å²) in [6.45, 7) is 6.02. The Balaban J connectivity index is 1.32. The first-order valence-corrected chi connectivity index (χ1v) is 10.6. The van der Waals surface area contributed by atoms with Crippen molar-refractivity contribution in [2.24, 2.45) is 0 Å². The van der Waals surface area contributed by atoms with E-state index in [0.29, 0.717) is 46.4 Å². The molecule has 162 valence electrons. The number of halogens is 2. The van der Waals surface area contributed by atoms with Crippen molar-refractivity contribution < 1.29 is 13.7 Å². The molecule has 1 aliphatic heterocycles. The summed E-state index contributed by atoms with van der Waals surface area (Å²) in [6, 6.07) is 14.1. The lowest BCUT2D eigenvalue weighted by molar-refractivity contribution is 0.0947. The molecule has 1 saturated heterocycles.